The molecule has 0 unspecified atom stereocenters. The summed E-state index contributed by atoms with van der Waals surface area (Å²) < 4.78 is 27.1. The fourth-order valence-electron chi connectivity index (χ4n) is 3.76. The van der Waals surface area contributed by atoms with Crippen LogP contribution < -0.4 is 0 Å². The maximum atomic E-state index is 12.9. The number of piperidine rings is 2. The van der Waals surface area contributed by atoms with Gasteiger partial charge in [-0.1, -0.05) is 18.2 Å². The van der Waals surface area contributed by atoms with Crippen LogP contribution in [0, 0.1) is 5.92 Å². The van der Waals surface area contributed by atoms with E-state index < -0.39 is 10.0 Å². The highest BCUT2D eigenvalue weighted by Gasteiger charge is 2.36. The summed E-state index contributed by atoms with van der Waals surface area (Å²) in [7, 11) is -3.51. The molecule has 0 aliphatic carbocycles. The van der Waals surface area contributed by atoms with Crippen LogP contribution in [0.4, 0.5) is 0 Å². The van der Waals surface area contributed by atoms with E-state index in [1.807, 2.05) is 4.90 Å². The van der Waals surface area contributed by atoms with Crippen LogP contribution >= 0.6 is 0 Å². The summed E-state index contributed by atoms with van der Waals surface area (Å²) in [5.41, 5.74) is 0. The second-order valence-corrected chi connectivity index (χ2v) is 8.83. The van der Waals surface area contributed by atoms with Gasteiger partial charge in [0.25, 0.3) is 0 Å². The zero-order valence-electron chi connectivity index (χ0n) is 14.2. The number of amides is 1. The monoisotopic (exact) mass is 350 g/mol. The average Bonchev–Trinajstić information content (AvgIpc) is 2.62. The predicted octanol–water partition coefficient (Wildman–Crippen LogP) is 2.49. The van der Waals surface area contributed by atoms with Gasteiger partial charge in [-0.25, -0.2) is 8.42 Å². The van der Waals surface area contributed by atoms with Crippen molar-refractivity contribution in [3.63, 3.8) is 0 Å². The van der Waals surface area contributed by atoms with Crippen LogP contribution in [-0.2, 0) is 14.8 Å². The van der Waals surface area contributed by atoms with Gasteiger partial charge in [-0.05, 0) is 51.2 Å². The van der Waals surface area contributed by atoms with Crippen molar-refractivity contribution in [1.29, 1.82) is 0 Å². The van der Waals surface area contributed by atoms with Gasteiger partial charge in [-0.3, -0.25) is 4.79 Å². The van der Waals surface area contributed by atoms with Crippen molar-refractivity contribution >= 4 is 15.9 Å². The van der Waals surface area contributed by atoms with Crippen LogP contribution in [0.3, 0.4) is 0 Å². The largest absolute Gasteiger partial charge is 0.340 e. The first-order valence-corrected chi connectivity index (χ1v) is 10.3. The highest BCUT2D eigenvalue weighted by Crippen LogP contribution is 2.27. The zero-order chi connectivity index (χ0) is 17.2. The van der Waals surface area contributed by atoms with Crippen molar-refractivity contribution in [1.82, 2.24) is 9.21 Å². The Morgan fingerprint density at radius 2 is 1.79 bits per heavy atom. The molecule has 0 aromatic heterocycles. The van der Waals surface area contributed by atoms with Crippen LogP contribution in [0.5, 0.6) is 0 Å². The van der Waals surface area contributed by atoms with Crippen LogP contribution in [0.2, 0.25) is 0 Å². The number of benzene rings is 1. The van der Waals surface area contributed by atoms with Crippen LogP contribution in [0.1, 0.15) is 39.0 Å². The quantitative estimate of drug-likeness (QED) is 0.841. The predicted molar refractivity (Wildman–Crippen MR) is 93.0 cm³/mol. The fourth-order valence-corrected chi connectivity index (χ4v) is 5.31. The Bertz CT molecular complexity index is 675. The lowest BCUT2D eigenvalue weighted by atomic mass is 9.95. The van der Waals surface area contributed by atoms with Gasteiger partial charge in [-0.15, -0.1) is 0 Å². The van der Waals surface area contributed by atoms with Gasteiger partial charge in [0.1, 0.15) is 0 Å². The van der Waals surface area contributed by atoms with Crippen molar-refractivity contribution in [3.05, 3.63) is 30.3 Å². The summed E-state index contributed by atoms with van der Waals surface area (Å²) in [5.74, 6) is -0.0760. The van der Waals surface area contributed by atoms with Crippen molar-refractivity contribution in [2.75, 3.05) is 19.6 Å². The summed E-state index contributed by atoms with van der Waals surface area (Å²) in [6, 6.07) is 8.77. The Morgan fingerprint density at radius 1 is 1.04 bits per heavy atom. The SMILES string of the molecule is C[C@@H]1CCCCN1C(=O)[C@@H]1CCCN(S(=O)(=O)c2ccccc2)C1. The maximum Gasteiger partial charge on any atom is 0.243 e. The van der Waals surface area contributed by atoms with Gasteiger partial charge >= 0.3 is 0 Å². The van der Waals surface area contributed by atoms with E-state index in [9.17, 15) is 13.2 Å². The molecule has 5 nitrogen and oxygen atoms in total. The fraction of sp³-hybridized carbons (Fsp3) is 0.611. The first-order chi connectivity index (χ1) is 11.5. The lowest BCUT2D eigenvalue weighted by Gasteiger charge is -2.38. The van der Waals surface area contributed by atoms with E-state index in [-0.39, 0.29) is 17.9 Å². The number of rotatable bonds is 3. The number of likely N-dealkylation sites (tertiary alicyclic amines) is 1. The molecule has 0 bridgehead atoms. The van der Waals surface area contributed by atoms with Crippen LogP contribution in [0.15, 0.2) is 35.2 Å². The van der Waals surface area contributed by atoms with E-state index in [1.54, 1.807) is 30.3 Å². The summed E-state index contributed by atoms with van der Waals surface area (Å²) in [6.45, 7) is 3.70. The number of sulfonamides is 1. The highest BCUT2D eigenvalue weighted by molar-refractivity contribution is 7.89. The normalized spacial score (nSPS) is 26.3. The lowest BCUT2D eigenvalue weighted by Crippen LogP contribution is -2.50. The minimum atomic E-state index is -3.51. The highest BCUT2D eigenvalue weighted by atomic mass is 32.2. The van der Waals surface area contributed by atoms with Gasteiger partial charge in [0.2, 0.25) is 15.9 Å². The first kappa shape index (κ1) is 17.4. The van der Waals surface area contributed by atoms with Crippen molar-refractivity contribution in [2.24, 2.45) is 5.92 Å². The van der Waals surface area contributed by atoms with Crippen molar-refractivity contribution in [2.45, 2.75) is 50.0 Å². The lowest BCUT2D eigenvalue weighted by molar-refractivity contribution is -0.140. The van der Waals surface area contributed by atoms with Gasteiger partial charge in [0.15, 0.2) is 0 Å². The molecule has 1 aromatic carbocycles. The molecule has 24 heavy (non-hydrogen) atoms. The summed E-state index contributed by atoms with van der Waals surface area (Å²) in [5, 5.41) is 0. The Morgan fingerprint density at radius 3 is 2.50 bits per heavy atom. The minimum absolute atomic E-state index is 0.134. The Balaban J connectivity index is 1.73. The second-order valence-electron chi connectivity index (χ2n) is 6.89. The van der Waals surface area contributed by atoms with E-state index in [4.69, 9.17) is 0 Å². The molecule has 132 valence electrons. The number of carbonyl (C=O) groups is 1. The van der Waals surface area contributed by atoms with E-state index in [0.29, 0.717) is 18.0 Å². The van der Waals surface area contributed by atoms with Crippen molar-refractivity contribution in [3.8, 4) is 0 Å². The molecule has 1 amide bonds. The number of hydrogen-bond acceptors (Lipinski definition) is 3. The summed E-state index contributed by atoms with van der Waals surface area (Å²) in [6.07, 6.45) is 4.79. The molecular weight excluding hydrogens is 324 g/mol. The molecule has 2 atom stereocenters. The standard InChI is InChI=1S/C18H26N2O3S/c1-15-8-5-6-13-20(15)18(21)16-9-7-12-19(14-16)24(22,23)17-10-3-2-4-11-17/h2-4,10-11,15-16H,5-9,12-14H2,1H3/t15-,16-/m1/s1. The third-order valence-corrected chi connectivity index (χ3v) is 7.08. The van der Waals surface area contributed by atoms with Crippen LogP contribution in [0.25, 0.3) is 0 Å². The smallest absolute Gasteiger partial charge is 0.243 e. The molecular formula is C18H26N2O3S. The average molecular weight is 350 g/mol. The van der Waals surface area contributed by atoms with E-state index >= 15 is 0 Å². The molecule has 6 heteroatoms. The third kappa shape index (κ3) is 3.49. The molecule has 2 fully saturated rings. The molecule has 3 rings (SSSR count). The Kier molecular flexibility index (Phi) is 5.25. The second kappa shape index (κ2) is 7.23. The Labute approximate surface area is 144 Å². The molecule has 2 aliphatic rings. The van der Waals surface area contributed by atoms with E-state index in [2.05, 4.69) is 6.92 Å². The zero-order valence-corrected chi connectivity index (χ0v) is 15.0. The van der Waals surface area contributed by atoms with Gasteiger partial charge < -0.3 is 4.90 Å². The minimum Gasteiger partial charge on any atom is -0.340 e. The Hall–Kier alpha value is -1.40. The van der Waals surface area contributed by atoms with Gasteiger partial charge in [-0.2, -0.15) is 4.31 Å². The summed E-state index contributed by atoms with van der Waals surface area (Å²) in [4.78, 5) is 15.2. The molecule has 0 spiro atoms. The maximum absolute atomic E-state index is 12.9. The van der Waals surface area contributed by atoms with E-state index in [1.165, 1.54) is 10.7 Å². The molecule has 2 heterocycles. The van der Waals surface area contributed by atoms with Crippen molar-refractivity contribution < 1.29 is 13.2 Å². The molecule has 1 aromatic rings. The number of nitrogens with zero attached hydrogens (tertiary/aromatic N) is 2. The molecule has 2 aliphatic heterocycles. The topological polar surface area (TPSA) is 57.7 Å². The molecule has 2 saturated heterocycles. The molecule has 0 radical (unpaired) electrons. The third-order valence-electron chi connectivity index (χ3n) is 5.20. The van der Waals surface area contributed by atoms with Crippen LogP contribution in [-0.4, -0.2) is 49.2 Å². The molecule has 0 N–H and O–H groups in total. The van der Waals surface area contributed by atoms with Gasteiger partial charge in [0, 0.05) is 25.7 Å². The first-order valence-electron chi connectivity index (χ1n) is 8.86. The summed E-state index contributed by atoms with van der Waals surface area (Å²) >= 11 is 0. The van der Waals surface area contributed by atoms with Gasteiger partial charge in [0.05, 0.1) is 10.8 Å². The molecule has 0 saturated carbocycles. The number of hydrogen-bond donors (Lipinski definition) is 0. The number of carbonyl (C=O) groups excluding carboxylic acids is 1. The van der Waals surface area contributed by atoms with E-state index in [0.717, 1.165) is 32.2 Å².